The highest BCUT2D eigenvalue weighted by Gasteiger charge is 2.15. The van der Waals surface area contributed by atoms with Gasteiger partial charge in [-0.2, -0.15) is 10.1 Å². The van der Waals surface area contributed by atoms with E-state index in [0.717, 1.165) is 18.0 Å². The number of nitrogens with zero attached hydrogens (tertiary/aromatic N) is 4. The Balaban J connectivity index is 1.54. The number of thiophene rings is 1. The maximum Gasteiger partial charge on any atom is 0.243 e. The van der Waals surface area contributed by atoms with Gasteiger partial charge in [-0.3, -0.25) is 4.68 Å². The molecule has 0 radical (unpaired) electrons. The molecule has 3 rings (SSSR count). The van der Waals surface area contributed by atoms with Crippen molar-refractivity contribution < 1.29 is 4.52 Å². The Hall–Kier alpha value is -1.99. The Morgan fingerprint density at radius 1 is 1.48 bits per heavy atom. The van der Waals surface area contributed by atoms with E-state index in [4.69, 9.17) is 4.52 Å². The van der Waals surface area contributed by atoms with E-state index in [0.29, 0.717) is 11.7 Å². The van der Waals surface area contributed by atoms with E-state index in [1.54, 1.807) is 11.3 Å². The van der Waals surface area contributed by atoms with E-state index < -0.39 is 0 Å². The molecule has 110 valence electrons. The van der Waals surface area contributed by atoms with Crippen molar-refractivity contribution in [2.45, 2.75) is 26.4 Å². The average molecular weight is 303 g/mol. The number of rotatable bonds is 6. The van der Waals surface area contributed by atoms with Gasteiger partial charge < -0.3 is 9.84 Å². The van der Waals surface area contributed by atoms with Crippen LogP contribution in [0.2, 0.25) is 0 Å². The summed E-state index contributed by atoms with van der Waals surface area (Å²) in [5, 5.41) is 13.6. The van der Waals surface area contributed by atoms with E-state index in [-0.39, 0.29) is 6.04 Å². The molecule has 21 heavy (non-hydrogen) atoms. The SMILES string of the molecule is Cc1cnn(CCN[C@@H](C)c2nc(-c3cccs3)no2)c1. The third-order valence-electron chi connectivity index (χ3n) is 3.11. The van der Waals surface area contributed by atoms with Gasteiger partial charge in [0.1, 0.15) is 0 Å². The van der Waals surface area contributed by atoms with Gasteiger partial charge in [0.25, 0.3) is 0 Å². The molecule has 0 bridgehead atoms. The zero-order valence-electron chi connectivity index (χ0n) is 12.0. The first kappa shape index (κ1) is 14.0. The van der Waals surface area contributed by atoms with Crippen molar-refractivity contribution in [3.63, 3.8) is 0 Å². The maximum atomic E-state index is 5.32. The number of nitrogens with one attached hydrogen (secondary N) is 1. The maximum absolute atomic E-state index is 5.32. The summed E-state index contributed by atoms with van der Waals surface area (Å²) in [5.41, 5.74) is 1.17. The van der Waals surface area contributed by atoms with Gasteiger partial charge in [-0.15, -0.1) is 11.3 Å². The molecule has 0 aromatic carbocycles. The molecule has 3 aromatic rings. The fourth-order valence-corrected chi connectivity index (χ4v) is 2.64. The minimum Gasteiger partial charge on any atom is -0.337 e. The van der Waals surface area contributed by atoms with Crippen LogP contribution in [-0.4, -0.2) is 26.5 Å². The van der Waals surface area contributed by atoms with E-state index in [1.807, 2.05) is 48.4 Å². The standard InChI is InChI=1S/C14H17N5OS/c1-10-8-16-19(9-10)6-5-15-11(2)14-17-13(18-20-14)12-4-3-7-21-12/h3-4,7-9,11,15H,5-6H2,1-2H3/t11-/m0/s1. The highest BCUT2D eigenvalue weighted by atomic mass is 32.1. The normalized spacial score (nSPS) is 12.7. The molecule has 3 aromatic heterocycles. The van der Waals surface area contributed by atoms with Crippen molar-refractivity contribution in [3.05, 3.63) is 41.4 Å². The molecule has 0 aliphatic carbocycles. The van der Waals surface area contributed by atoms with Gasteiger partial charge in [0.2, 0.25) is 11.7 Å². The second-order valence-corrected chi connectivity index (χ2v) is 5.84. The van der Waals surface area contributed by atoms with Gasteiger partial charge in [-0.1, -0.05) is 11.2 Å². The summed E-state index contributed by atoms with van der Waals surface area (Å²) in [5.74, 6) is 1.26. The van der Waals surface area contributed by atoms with Gasteiger partial charge in [0.15, 0.2) is 0 Å². The second kappa shape index (κ2) is 6.19. The van der Waals surface area contributed by atoms with Gasteiger partial charge in [0.05, 0.1) is 23.7 Å². The molecular formula is C14H17N5OS. The molecule has 0 unspecified atom stereocenters. The van der Waals surface area contributed by atoms with Gasteiger partial charge in [-0.25, -0.2) is 0 Å². The molecule has 7 heteroatoms. The average Bonchev–Trinajstić information content (AvgIpc) is 3.19. The van der Waals surface area contributed by atoms with Crippen LogP contribution in [0.4, 0.5) is 0 Å². The Labute approximate surface area is 126 Å². The molecular weight excluding hydrogens is 286 g/mol. The summed E-state index contributed by atoms with van der Waals surface area (Å²) < 4.78 is 7.23. The molecule has 3 heterocycles. The first-order chi connectivity index (χ1) is 10.2. The van der Waals surface area contributed by atoms with Gasteiger partial charge in [-0.05, 0) is 30.9 Å². The molecule has 0 aliphatic rings. The van der Waals surface area contributed by atoms with Gasteiger partial charge >= 0.3 is 0 Å². The summed E-state index contributed by atoms with van der Waals surface area (Å²) in [6.07, 6.45) is 3.88. The quantitative estimate of drug-likeness (QED) is 0.758. The van der Waals surface area contributed by atoms with Crippen LogP contribution >= 0.6 is 11.3 Å². The predicted molar refractivity (Wildman–Crippen MR) is 81.0 cm³/mol. The molecule has 0 fully saturated rings. The van der Waals surface area contributed by atoms with Crippen LogP contribution in [0.5, 0.6) is 0 Å². The smallest absolute Gasteiger partial charge is 0.243 e. The Bertz CT molecular complexity index is 688. The topological polar surface area (TPSA) is 68.8 Å². The lowest BCUT2D eigenvalue weighted by atomic mass is 10.3. The van der Waals surface area contributed by atoms with Gasteiger partial charge in [0, 0.05) is 12.7 Å². The lowest BCUT2D eigenvalue weighted by Crippen LogP contribution is -2.23. The molecule has 1 atom stereocenters. The van der Waals surface area contributed by atoms with Crippen LogP contribution in [0.15, 0.2) is 34.4 Å². The first-order valence-electron chi connectivity index (χ1n) is 6.82. The third kappa shape index (κ3) is 3.37. The van der Waals surface area contributed by atoms with Crippen molar-refractivity contribution in [1.29, 1.82) is 0 Å². The fourth-order valence-electron chi connectivity index (χ4n) is 1.99. The molecule has 0 saturated carbocycles. The van der Waals surface area contributed by atoms with Crippen molar-refractivity contribution >= 4 is 11.3 Å². The van der Waals surface area contributed by atoms with E-state index in [1.165, 1.54) is 5.56 Å². The lowest BCUT2D eigenvalue weighted by Gasteiger charge is -2.09. The Morgan fingerprint density at radius 3 is 3.10 bits per heavy atom. The predicted octanol–water partition coefficient (Wildman–Crippen LogP) is 2.65. The van der Waals surface area contributed by atoms with Crippen LogP contribution in [0.3, 0.4) is 0 Å². The molecule has 6 nitrogen and oxygen atoms in total. The van der Waals surface area contributed by atoms with Crippen LogP contribution in [-0.2, 0) is 6.54 Å². The first-order valence-corrected chi connectivity index (χ1v) is 7.70. The largest absolute Gasteiger partial charge is 0.337 e. The highest BCUT2D eigenvalue weighted by Crippen LogP contribution is 2.22. The molecule has 1 N–H and O–H groups in total. The minimum absolute atomic E-state index is 0.0165. The fraction of sp³-hybridized carbons (Fsp3) is 0.357. The van der Waals surface area contributed by atoms with Crippen molar-refractivity contribution in [2.75, 3.05) is 6.54 Å². The summed E-state index contributed by atoms with van der Waals surface area (Å²) in [4.78, 5) is 5.45. The zero-order valence-corrected chi connectivity index (χ0v) is 12.8. The number of hydrogen-bond acceptors (Lipinski definition) is 6. The van der Waals surface area contributed by atoms with Crippen LogP contribution < -0.4 is 5.32 Å². The molecule has 0 spiro atoms. The molecule has 0 amide bonds. The number of aryl methyl sites for hydroxylation is 1. The van der Waals surface area contributed by atoms with Crippen molar-refractivity contribution in [2.24, 2.45) is 0 Å². The van der Waals surface area contributed by atoms with E-state index >= 15 is 0 Å². The Morgan fingerprint density at radius 2 is 2.38 bits per heavy atom. The van der Waals surface area contributed by atoms with Crippen LogP contribution in [0.1, 0.15) is 24.4 Å². The third-order valence-corrected chi connectivity index (χ3v) is 3.97. The monoisotopic (exact) mass is 303 g/mol. The van der Waals surface area contributed by atoms with Crippen molar-refractivity contribution in [1.82, 2.24) is 25.2 Å². The lowest BCUT2D eigenvalue weighted by molar-refractivity contribution is 0.336. The van der Waals surface area contributed by atoms with Crippen LogP contribution in [0, 0.1) is 6.92 Å². The van der Waals surface area contributed by atoms with E-state index in [2.05, 4.69) is 20.6 Å². The summed E-state index contributed by atoms with van der Waals surface area (Å²) in [7, 11) is 0. The summed E-state index contributed by atoms with van der Waals surface area (Å²) >= 11 is 1.60. The van der Waals surface area contributed by atoms with Crippen molar-refractivity contribution in [3.8, 4) is 10.7 Å². The van der Waals surface area contributed by atoms with Crippen LogP contribution in [0.25, 0.3) is 10.7 Å². The summed E-state index contributed by atoms with van der Waals surface area (Å²) in [6, 6.07) is 3.98. The number of hydrogen-bond donors (Lipinski definition) is 1. The molecule has 0 aliphatic heterocycles. The summed E-state index contributed by atoms with van der Waals surface area (Å²) in [6.45, 7) is 5.65. The number of aromatic nitrogens is 4. The highest BCUT2D eigenvalue weighted by molar-refractivity contribution is 7.13. The molecule has 0 saturated heterocycles. The minimum atomic E-state index is 0.0165. The zero-order chi connectivity index (χ0) is 14.7. The Kier molecular flexibility index (Phi) is 4.12. The van der Waals surface area contributed by atoms with E-state index in [9.17, 15) is 0 Å². The second-order valence-electron chi connectivity index (χ2n) is 4.89.